The number of benzene rings is 2. The Labute approximate surface area is 135 Å². The second kappa shape index (κ2) is 5.22. The Bertz CT molecular complexity index is 975. The Morgan fingerprint density at radius 1 is 1.09 bits per heavy atom. The van der Waals surface area contributed by atoms with Crippen LogP contribution in [0.4, 0.5) is 0 Å². The van der Waals surface area contributed by atoms with Gasteiger partial charge in [-0.15, -0.1) is 0 Å². The largest absolute Gasteiger partial charge is 0.358 e. The van der Waals surface area contributed by atoms with E-state index in [4.69, 9.17) is 0 Å². The maximum atomic E-state index is 12.8. The minimum atomic E-state index is -3.44. The number of hydrogen-bond acceptors (Lipinski definition) is 2. The molecule has 3 aromatic rings. The van der Waals surface area contributed by atoms with Crippen LogP contribution in [0.5, 0.6) is 0 Å². The third kappa shape index (κ3) is 2.36. The number of aryl methyl sites for hydroxylation is 1. The second-order valence-electron chi connectivity index (χ2n) is 6.03. The third-order valence-corrected chi connectivity index (χ3v) is 6.34. The summed E-state index contributed by atoms with van der Waals surface area (Å²) >= 11 is 0. The van der Waals surface area contributed by atoms with Gasteiger partial charge in [-0.05, 0) is 36.8 Å². The van der Waals surface area contributed by atoms with E-state index >= 15 is 0 Å². The number of nitrogens with zero attached hydrogens (tertiary/aromatic N) is 1. The predicted octanol–water partition coefficient (Wildman–Crippen LogP) is 3.22. The topological polar surface area (TPSA) is 53.2 Å². The normalized spacial score (nSPS) is 15.7. The smallest absolute Gasteiger partial charge is 0.243 e. The van der Waals surface area contributed by atoms with Crippen molar-refractivity contribution in [1.82, 2.24) is 9.29 Å². The highest BCUT2D eigenvalue weighted by molar-refractivity contribution is 7.89. The van der Waals surface area contributed by atoms with Crippen LogP contribution in [0.15, 0.2) is 53.4 Å². The first-order chi connectivity index (χ1) is 11.1. The molecule has 5 heteroatoms. The van der Waals surface area contributed by atoms with Gasteiger partial charge >= 0.3 is 0 Å². The molecule has 4 nitrogen and oxygen atoms in total. The molecule has 0 atom stereocenters. The van der Waals surface area contributed by atoms with Crippen molar-refractivity contribution in [2.24, 2.45) is 0 Å². The zero-order valence-corrected chi connectivity index (χ0v) is 13.7. The van der Waals surface area contributed by atoms with Crippen LogP contribution >= 0.6 is 0 Å². The molecule has 1 aliphatic rings. The molecule has 0 spiro atoms. The first-order valence-electron chi connectivity index (χ1n) is 7.71. The Balaban J connectivity index is 1.77. The fourth-order valence-corrected chi connectivity index (χ4v) is 4.68. The van der Waals surface area contributed by atoms with Crippen molar-refractivity contribution < 1.29 is 8.42 Å². The van der Waals surface area contributed by atoms with Crippen molar-refractivity contribution in [3.8, 4) is 0 Å². The lowest BCUT2D eigenvalue weighted by Gasteiger charge is -2.26. The fourth-order valence-electron chi connectivity index (χ4n) is 3.25. The molecule has 4 rings (SSSR count). The minimum absolute atomic E-state index is 0.361. The summed E-state index contributed by atoms with van der Waals surface area (Å²) < 4.78 is 27.3. The lowest BCUT2D eigenvalue weighted by atomic mass is 10.0. The van der Waals surface area contributed by atoms with Crippen LogP contribution in [0.25, 0.3) is 10.9 Å². The number of hydrogen-bond donors (Lipinski definition) is 1. The lowest BCUT2D eigenvalue weighted by molar-refractivity contribution is 0.391. The van der Waals surface area contributed by atoms with E-state index in [9.17, 15) is 8.42 Å². The van der Waals surface area contributed by atoms with Gasteiger partial charge in [-0.2, -0.15) is 4.31 Å². The highest BCUT2D eigenvalue weighted by Crippen LogP contribution is 2.31. The quantitative estimate of drug-likeness (QED) is 0.786. The summed E-state index contributed by atoms with van der Waals surface area (Å²) in [5, 5.41) is 1.13. The molecule has 0 saturated carbocycles. The monoisotopic (exact) mass is 326 g/mol. The average molecular weight is 326 g/mol. The molecule has 118 valence electrons. The molecule has 0 radical (unpaired) electrons. The van der Waals surface area contributed by atoms with Crippen LogP contribution < -0.4 is 0 Å². The maximum Gasteiger partial charge on any atom is 0.243 e. The number of sulfonamides is 1. The third-order valence-electron chi connectivity index (χ3n) is 4.48. The summed E-state index contributed by atoms with van der Waals surface area (Å²) in [5.74, 6) is 0. The molecule has 1 aromatic heterocycles. The molecular weight excluding hydrogens is 308 g/mol. The summed E-state index contributed by atoms with van der Waals surface area (Å²) in [5.41, 5.74) is 4.53. The van der Waals surface area contributed by atoms with E-state index in [2.05, 4.69) is 30.1 Å². The predicted molar refractivity (Wildman–Crippen MR) is 90.8 cm³/mol. The van der Waals surface area contributed by atoms with Crippen LogP contribution in [0.2, 0.25) is 0 Å². The fraction of sp³-hybridized carbons (Fsp3) is 0.222. The number of rotatable bonds is 2. The second-order valence-corrected chi connectivity index (χ2v) is 7.97. The number of fused-ring (bicyclic) bond motifs is 3. The van der Waals surface area contributed by atoms with E-state index < -0.39 is 10.0 Å². The van der Waals surface area contributed by atoms with Crippen molar-refractivity contribution in [2.75, 3.05) is 6.54 Å². The number of aromatic amines is 1. The van der Waals surface area contributed by atoms with E-state index in [0.29, 0.717) is 18.0 Å². The molecule has 0 unspecified atom stereocenters. The van der Waals surface area contributed by atoms with Crippen molar-refractivity contribution >= 4 is 20.9 Å². The summed E-state index contributed by atoms with van der Waals surface area (Å²) in [6, 6.07) is 14.9. The molecule has 0 amide bonds. The molecule has 2 aromatic carbocycles. The van der Waals surface area contributed by atoms with E-state index in [1.165, 1.54) is 5.56 Å². The van der Waals surface area contributed by atoms with Gasteiger partial charge < -0.3 is 4.98 Å². The number of aromatic nitrogens is 1. The molecule has 1 N–H and O–H groups in total. The summed E-state index contributed by atoms with van der Waals surface area (Å²) in [6.45, 7) is 2.99. The van der Waals surface area contributed by atoms with Gasteiger partial charge in [-0.1, -0.05) is 29.8 Å². The summed E-state index contributed by atoms with van der Waals surface area (Å²) in [4.78, 5) is 3.79. The zero-order valence-electron chi connectivity index (χ0n) is 12.9. The van der Waals surface area contributed by atoms with E-state index in [1.807, 2.05) is 6.07 Å². The number of H-pyrrole nitrogens is 1. The van der Waals surface area contributed by atoms with Crippen LogP contribution in [0.3, 0.4) is 0 Å². The summed E-state index contributed by atoms with van der Waals surface area (Å²) in [7, 11) is -3.44. The molecule has 0 saturated heterocycles. The molecule has 0 fully saturated rings. The van der Waals surface area contributed by atoms with Gasteiger partial charge in [0.05, 0.1) is 4.90 Å². The highest BCUT2D eigenvalue weighted by Gasteiger charge is 2.30. The van der Waals surface area contributed by atoms with E-state index in [-0.39, 0.29) is 0 Å². The van der Waals surface area contributed by atoms with Crippen LogP contribution in [-0.2, 0) is 23.0 Å². The molecule has 2 heterocycles. The van der Waals surface area contributed by atoms with Gasteiger partial charge in [-0.25, -0.2) is 8.42 Å². The van der Waals surface area contributed by atoms with E-state index in [0.717, 1.165) is 28.6 Å². The van der Waals surface area contributed by atoms with E-state index in [1.54, 1.807) is 28.6 Å². The van der Waals surface area contributed by atoms with Crippen LogP contribution in [0.1, 0.15) is 16.8 Å². The molecular formula is C18H18N2O2S. The van der Waals surface area contributed by atoms with Crippen molar-refractivity contribution in [1.29, 1.82) is 0 Å². The molecule has 23 heavy (non-hydrogen) atoms. The summed E-state index contributed by atoms with van der Waals surface area (Å²) in [6.07, 6.45) is 0.717. The van der Waals surface area contributed by atoms with Gasteiger partial charge in [0.15, 0.2) is 0 Å². The average Bonchev–Trinajstić information content (AvgIpc) is 2.93. The Morgan fingerprint density at radius 3 is 2.65 bits per heavy atom. The van der Waals surface area contributed by atoms with Crippen LogP contribution in [0, 0.1) is 6.92 Å². The SMILES string of the molecule is Cc1ccc2[nH]c3c(c2c1)CN(S(=O)(=O)c1ccccc1)CC3. The van der Waals surface area contributed by atoms with Gasteiger partial charge in [0.25, 0.3) is 0 Å². The van der Waals surface area contributed by atoms with Gasteiger partial charge in [-0.3, -0.25) is 0 Å². The molecule has 0 aliphatic carbocycles. The van der Waals surface area contributed by atoms with Crippen molar-refractivity contribution in [3.63, 3.8) is 0 Å². The van der Waals surface area contributed by atoms with Gasteiger partial charge in [0.1, 0.15) is 0 Å². The van der Waals surface area contributed by atoms with Gasteiger partial charge in [0, 0.05) is 36.1 Å². The Hall–Kier alpha value is -2.11. The Morgan fingerprint density at radius 2 is 1.87 bits per heavy atom. The first-order valence-corrected chi connectivity index (χ1v) is 9.15. The van der Waals surface area contributed by atoms with Gasteiger partial charge in [0.2, 0.25) is 10.0 Å². The number of nitrogens with one attached hydrogen (secondary N) is 1. The zero-order chi connectivity index (χ0) is 16.0. The standard InChI is InChI=1S/C18H18N2O2S/c1-13-7-8-17-15(11-13)16-12-20(10-9-18(16)19-17)23(21,22)14-5-3-2-4-6-14/h2-8,11,19H,9-10,12H2,1H3. The molecule has 0 bridgehead atoms. The molecule has 1 aliphatic heterocycles. The highest BCUT2D eigenvalue weighted by atomic mass is 32.2. The van der Waals surface area contributed by atoms with Crippen molar-refractivity contribution in [3.05, 3.63) is 65.4 Å². The lowest BCUT2D eigenvalue weighted by Crippen LogP contribution is -2.35. The first kappa shape index (κ1) is 14.5. The van der Waals surface area contributed by atoms with Crippen LogP contribution in [-0.4, -0.2) is 24.3 Å². The Kier molecular flexibility index (Phi) is 3.28. The minimum Gasteiger partial charge on any atom is -0.358 e. The maximum absolute atomic E-state index is 12.8. The van der Waals surface area contributed by atoms with Crippen molar-refractivity contribution in [2.45, 2.75) is 24.8 Å².